The molecule has 2 amide bonds. The topological polar surface area (TPSA) is 131 Å². The maximum atomic E-state index is 12.7. The number of anilines is 2. The first-order chi connectivity index (χ1) is 17.7. The summed E-state index contributed by atoms with van der Waals surface area (Å²) in [5.74, 6) is -1.56. The fraction of sp³-hybridized carbons (Fsp3) is 0.115. The number of esters is 1. The molecule has 0 atom stereocenters. The molecule has 0 bridgehead atoms. The first kappa shape index (κ1) is 28.6. The molecule has 4 rings (SSSR count). The molecule has 0 saturated heterocycles. The molecule has 0 radical (unpaired) electrons. The van der Waals surface area contributed by atoms with Crippen molar-refractivity contribution in [3.63, 3.8) is 0 Å². The van der Waals surface area contributed by atoms with E-state index in [4.69, 9.17) is 27.9 Å². The number of aromatic hydroxyl groups is 1. The van der Waals surface area contributed by atoms with Gasteiger partial charge in [-0.1, -0.05) is 48.0 Å². The molecule has 0 saturated carbocycles. The zero-order chi connectivity index (χ0) is 26.5. The first-order valence-electron chi connectivity index (χ1n) is 10.8. The van der Waals surface area contributed by atoms with Gasteiger partial charge in [-0.05, 0) is 61.5 Å². The highest BCUT2D eigenvalue weighted by Crippen LogP contribution is 2.39. The van der Waals surface area contributed by atoms with Crippen molar-refractivity contribution in [2.75, 3.05) is 17.2 Å². The standard InChI is InChI=1S/C25H18Cl2N4O5S.CH4/c1-2-36-24(35)15-4-3-5-17(10-15)28-21(33)13-6-8-14(9-7-13)22(34)29-25-31-30-23(37-25)18-11-16(26)12-19(27)20(18)32;/h3-12,32H,2H2,1H3,(H,28,33)(H,29,31,34);1H4. The number of carbonyl (C=O) groups excluding carboxylic acids is 3. The number of halogens is 2. The van der Waals surface area contributed by atoms with Crippen LogP contribution < -0.4 is 10.6 Å². The lowest BCUT2D eigenvalue weighted by molar-refractivity contribution is 0.0526. The van der Waals surface area contributed by atoms with E-state index in [2.05, 4.69) is 20.8 Å². The van der Waals surface area contributed by atoms with E-state index in [9.17, 15) is 19.5 Å². The molecular formula is C26H22Cl2N4O5S. The molecule has 0 unspecified atom stereocenters. The summed E-state index contributed by atoms with van der Waals surface area (Å²) in [5.41, 5.74) is 1.63. The molecule has 9 nitrogen and oxygen atoms in total. The van der Waals surface area contributed by atoms with Crippen molar-refractivity contribution < 1.29 is 24.2 Å². The lowest BCUT2D eigenvalue weighted by Crippen LogP contribution is -2.14. The van der Waals surface area contributed by atoms with Crippen molar-refractivity contribution in [3.05, 3.63) is 87.4 Å². The molecule has 0 aliphatic heterocycles. The minimum absolute atomic E-state index is 0. The van der Waals surface area contributed by atoms with Crippen LogP contribution in [-0.4, -0.2) is 39.7 Å². The summed E-state index contributed by atoms with van der Waals surface area (Å²) in [5, 5.41) is 24.3. The SMILES string of the molecule is C.CCOC(=O)c1cccc(NC(=O)c2ccc(C(=O)Nc3nnc(-c4cc(Cl)cc(Cl)c4O)s3)cc2)c1. The number of ether oxygens (including phenoxy) is 1. The van der Waals surface area contributed by atoms with E-state index < -0.39 is 17.8 Å². The second-order valence-corrected chi connectivity index (χ2v) is 9.30. The lowest BCUT2D eigenvalue weighted by atomic mass is 10.1. The second kappa shape index (κ2) is 12.5. The Bertz CT molecular complexity index is 1490. The zero-order valence-corrected chi connectivity index (χ0v) is 21.4. The van der Waals surface area contributed by atoms with Crippen LogP contribution in [0.4, 0.5) is 10.8 Å². The largest absolute Gasteiger partial charge is 0.506 e. The number of hydrogen-bond acceptors (Lipinski definition) is 8. The molecule has 12 heteroatoms. The number of hydrogen-bond donors (Lipinski definition) is 3. The number of phenols is 1. The number of nitrogens with one attached hydrogen (secondary N) is 2. The molecule has 1 aromatic heterocycles. The smallest absolute Gasteiger partial charge is 0.338 e. The average molecular weight is 573 g/mol. The van der Waals surface area contributed by atoms with Crippen LogP contribution in [0.2, 0.25) is 10.0 Å². The van der Waals surface area contributed by atoms with Crippen LogP contribution in [-0.2, 0) is 4.74 Å². The van der Waals surface area contributed by atoms with E-state index >= 15 is 0 Å². The van der Waals surface area contributed by atoms with Crippen molar-refractivity contribution >= 4 is 63.1 Å². The van der Waals surface area contributed by atoms with Gasteiger partial charge in [-0.3, -0.25) is 14.9 Å². The van der Waals surface area contributed by atoms with Gasteiger partial charge in [0.2, 0.25) is 5.13 Å². The minimum atomic E-state index is -0.482. The van der Waals surface area contributed by atoms with Gasteiger partial charge in [-0.2, -0.15) is 0 Å². The summed E-state index contributed by atoms with van der Waals surface area (Å²) < 4.78 is 4.97. The zero-order valence-electron chi connectivity index (χ0n) is 19.1. The van der Waals surface area contributed by atoms with Gasteiger partial charge in [0.25, 0.3) is 11.8 Å². The van der Waals surface area contributed by atoms with Gasteiger partial charge >= 0.3 is 5.97 Å². The first-order valence-corrected chi connectivity index (χ1v) is 12.3. The van der Waals surface area contributed by atoms with Crippen molar-refractivity contribution in [2.45, 2.75) is 14.4 Å². The van der Waals surface area contributed by atoms with E-state index in [0.29, 0.717) is 32.4 Å². The predicted octanol–water partition coefficient (Wildman–Crippen LogP) is 6.53. The summed E-state index contributed by atoms with van der Waals surface area (Å²) in [6, 6.07) is 15.3. The van der Waals surface area contributed by atoms with Gasteiger partial charge in [0, 0.05) is 21.8 Å². The summed E-state index contributed by atoms with van der Waals surface area (Å²) in [6.45, 7) is 1.96. The van der Waals surface area contributed by atoms with Crippen LogP contribution in [0.3, 0.4) is 0 Å². The van der Waals surface area contributed by atoms with Gasteiger partial charge in [-0.25, -0.2) is 4.79 Å². The molecule has 3 N–H and O–H groups in total. The molecule has 3 aromatic carbocycles. The van der Waals surface area contributed by atoms with Crippen molar-refractivity contribution in [3.8, 4) is 16.3 Å². The highest BCUT2D eigenvalue weighted by Gasteiger charge is 2.17. The molecule has 4 aromatic rings. The van der Waals surface area contributed by atoms with Gasteiger partial charge in [0.15, 0.2) is 5.01 Å². The van der Waals surface area contributed by atoms with E-state index in [1.165, 1.54) is 42.5 Å². The number of phenolic OH excluding ortho intramolecular Hbond substituents is 1. The monoisotopic (exact) mass is 572 g/mol. The molecule has 0 aliphatic rings. The third kappa shape index (κ3) is 6.65. The Morgan fingerprint density at radius 3 is 2.24 bits per heavy atom. The highest BCUT2D eigenvalue weighted by atomic mass is 35.5. The van der Waals surface area contributed by atoms with Gasteiger partial charge in [-0.15, -0.1) is 10.2 Å². The summed E-state index contributed by atoms with van der Waals surface area (Å²) >= 11 is 13.0. The van der Waals surface area contributed by atoms with E-state index in [1.807, 2.05) is 0 Å². The van der Waals surface area contributed by atoms with Gasteiger partial charge < -0.3 is 15.2 Å². The average Bonchev–Trinajstić information content (AvgIpc) is 3.34. The third-order valence-electron chi connectivity index (χ3n) is 4.94. The molecule has 0 spiro atoms. The summed E-state index contributed by atoms with van der Waals surface area (Å²) in [4.78, 5) is 37.2. The number of benzene rings is 3. The van der Waals surface area contributed by atoms with Crippen LogP contribution >= 0.6 is 34.5 Å². The number of rotatable bonds is 7. The van der Waals surface area contributed by atoms with Crippen molar-refractivity contribution in [1.29, 1.82) is 0 Å². The van der Waals surface area contributed by atoms with Gasteiger partial charge in [0.1, 0.15) is 5.75 Å². The van der Waals surface area contributed by atoms with Crippen LogP contribution in [0, 0.1) is 0 Å². The van der Waals surface area contributed by atoms with Crippen LogP contribution in [0.25, 0.3) is 10.6 Å². The Balaban J connectivity index is 0.00000400. The van der Waals surface area contributed by atoms with Crippen molar-refractivity contribution in [1.82, 2.24) is 10.2 Å². The molecule has 0 fully saturated rings. The Morgan fingerprint density at radius 2 is 1.58 bits per heavy atom. The Labute approximate surface area is 232 Å². The quantitative estimate of drug-likeness (QED) is 0.214. The Morgan fingerprint density at radius 1 is 0.921 bits per heavy atom. The molecule has 1 heterocycles. The van der Waals surface area contributed by atoms with Gasteiger partial charge in [0.05, 0.1) is 22.8 Å². The molecule has 0 aliphatic carbocycles. The Kier molecular flexibility index (Phi) is 9.40. The second-order valence-electron chi connectivity index (χ2n) is 7.48. The maximum absolute atomic E-state index is 12.7. The molecule has 38 heavy (non-hydrogen) atoms. The minimum Gasteiger partial charge on any atom is -0.506 e. The van der Waals surface area contributed by atoms with E-state index in [-0.39, 0.29) is 35.5 Å². The summed E-state index contributed by atoms with van der Waals surface area (Å²) in [7, 11) is 0. The van der Waals surface area contributed by atoms with Crippen LogP contribution in [0.15, 0.2) is 60.7 Å². The summed E-state index contributed by atoms with van der Waals surface area (Å²) in [6.07, 6.45) is 0. The van der Waals surface area contributed by atoms with Crippen LogP contribution in [0.5, 0.6) is 5.75 Å². The maximum Gasteiger partial charge on any atom is 0.338 e. The number of amides is 2. The highest BCUT2D eigenvalue weighted by molar-refractivity contribution is 7.18. The Hall–Kier alpha value is -3.99. The number of nitrogens with zero attached hydrogens (tertiary/aromatic N) is 2. The predicted molar refractivity (Wildman–Crippen MR) is 149 cm³/mol. The fourth-order valence-corrected chi connectivity index (χ4v) is 4.44. The third-order valence-corrected chi connectivity index (χ3v) is 6.32. The normalized spacial score (nSPS) is 10.3. The van der Waals surface area contributed by atoms with E-state index in [0.717, 1.165) is 11.3 Å². The van der Waals surface area contributed by atoms with Crippen LogP contribution in [0.1, 0.15) is 45.4 Å². The van der Waals surface area contributed by atoms with Crippen molar-refractivity contribution in [2.24, 2.45) is 0 Å². The number of carbonyl (C=O) groups is 3. The lowest BCUT2D eigenvalue weighted by Gasteiger charge is -2.08. The fourth-order valence-electron chi connectivity index (χ4n) is 3.20. The number of aromatic nitrogens is 2. The molecule has 196 valence electrons. The molecular weight excluding hydrogens is 551 g/mol. The van der Waals surface area contributed by atoms with E-state index in [1.54, 1.807) is 25.1 Å².